The van der Waals surface area contributed by atoms with Crippen LogP contribution in [0, 0.1) is 5.92 Å². The molecule has 8 heteroatoms. The van der Waals surface area contributed by atoms with E-state index in [4.69, 9.17) is 0 Å². The van der Waals surface area contributed by atoms with Gasteiger partial charge in [-0.3, -0.25) is 9.59 Å². The second-order valence-corrected chi connectivity index (χ2v) is 11.3. The quantitative estimate of drug-likeness (QED) is 0.676. The van der Waals surface area contributed by atoms with Crippen molar-refractivity contribution in [1.82, 2.24) is 9.21 Å². The lowest BCUT2D eigenvalue weighted by Gasteiger charge is -2.33. The number of Topliss-reactive ketones (excluding diaryl/α,β-unsaturated/α-hetero) is 1. The van der Waals surface area contributed by atoms with Gasteiger partial charge in [0.2, 0.25) is 10.0 Å². The number of piperazine rings is 1. The molecule has 4 rings (SSSR count). The number of hydrogen-bond donors (Lipinski definition) is 0. The molecule has 0 N–H and O–H groups in total. The first-order chi connectivity index (χ1) is 14.3. The van der Waals surface area contributed by atoms with E-state index in [0.717, 1.165) is 17.7 Å². The third-order valence-electron chi connectivity index (χ3n) is 5.94. The van der Waals surface area contributed by atoms with Crippen LogP contribution in [0.3, 0.4) is 0 Å². The first-order valence-corrected chi connectivity index (χ1v) is 12.5. The van der Waals surface area contributed by atoms with Crippen LogP contribution < -0.4 is 0 Å². The van der Waals surface area contributed by atoms with Crippen molar-refractivity contribution in [3.63, 3.8) is 0 Å². The molecule has 0 spiro atoms. The Balaban J connectivity index is 1.44. The molecule has 0 saturated carbocycles. The fraction of sp³-hybridized carbons (Fsp3) is 0.455. The molecule has 1 amide bonds. The van der Waals surface area contributed by atoms with Crippen LogP contribution in [-0.2, 0) is 22.9 Å². The zero-order valence-electron chi connectivity index (χ0n) is 17.3. The van der Waals surface area contributed by atoms with Crippen LogP contribution >= 0.6 is 11.3 Å². The Bertz CT molecular complexity index is 1080. The van der Waals surface area contributed by atoms with E-state index in [0.29, 0.717) is 24.6 Å². The van der Waals surface area contributed by atoms with Crippen molar-refractivity contribution in [3.8, 4) is 0 Å². The van der Waals surface area contributed by atoms with Gasteiger partial charge < -0.3 is 4.90 Å². The van der Waals surface area contributed by atoms with E-state index in [1.807, 2.05) is 6.07 Å². The predicted molar refractivity (Wildman–Crippen MR) is 117 cm³/mol. The first kappa shape index (κ1) is 21.2. The zero-order valence-corrected chi connectivity index (χ0v) is 18.9. The predicted octanol–water partition coefficient (Wildman–Crippen LogP) is 3.22. The summed E-state index contributed by atoms with van der Waals surface area (Å²) in [7, 11) is -3.69. The van der Waals surface area contributed by atoms with Gasteiger partial charge in [-0.25, -0.2) is 8.42 Å². The number of rotatable bonds is 4. The SMILES string of the molecule is CC(=O)c1cccc(S(=O)(=O)N2CCN(C(=O)c3cc4c(s3)CC[C@H](C)C4)CC2)c1. The van der Waals surface area contributed by atoms with Crippen molar-refractivity contribution in [3.05, 3.63) is 51.2 Å². The normalized spacial score (nSPS) is 20.1. The number of fused-ring (bicyclic) bond motifs is 1. The van der Waals surface area contributed by atoms with Gasteiger partial charge in [0.25, 0.3) is 5.91 Å². The molecule has 1 aliphatic heterocycles. The van der Waals surface area contributed by atoms with Crippen molar-refractivity contribution >= 4 is 33.1 Å². The van der Waals surface area contributed by atoms with Gasteiger partial charge in [0.05, 0.1) is 9.77 Å². The van der Waals surface area contributed by atoms with Gasteiger partial charge in [0.15, 0.2) is 5.78 Å². The van der Waals surface area contributed by atoms with Gasteiger partial charge in [-0.15, -0.1) is 11.3 Å². The van der Waals surface area contributed by atoms with Crippen LogP contribution in [0.2, 0.25) is 0 Å². The summed E-state index contributed by atoms with van der Waals surface area (Å²) in [6.07, 6.45) is 3.24. The molecule has 6 nitrogen and oxygen atoms in total. The van der Waals surface area contributed by atoms with Crippen LogP contribution in [0.5, 0.6) is 0 Å². The maximum absolute atomic E-state index is 13.0. The summed E-state index contributed by atoms with van der Waals surface area (Å²) in [6, 6.07) is 8.17. The molecule has 1 aromatic carbocycles. The summed E-state index contributed by atoms with van der Waals surface area (Å²) < 4.78 is 27.4. The number of hydrogen-bond acceptors (Lipinski definition) is 5. The lowest BCUT2D eigenvalue weighted by molar-refractivity contribution is 0.0702. The highest BCUT2D eigenvalue weighted by Gasteiger charge is 2.31. The third kappa shape index (κ3) is 4.08. The summed E-state index contributed by atoms with van der Waals surface area (Å²) in [5.74, 6) is 0.485. The van der Waals surface area contributed by atoms with Crippen LogP contribution in [0.1, 0.15) is 50.7 Å². The minimum absolute atomic E-state index is 0.00215. The largest absolute Gasteiger partial charge is 0.335 e. The van der Waals surface area contributed by atoms with E-state index in [2.05, 4.69) is 6.92 Å². The van der Waals surface area contributed by atoms with Crippen molar-refractivity contribution in [1.29, 1.82) is 0 Å². The third-order valence-corrected chi connectivity index (χ3v) is 9.06. The molecule has 2 aliphatic rings. The highest BCUT2D eigenvalue weighted by atomic mass is 32.2. The average Bonchev–Trinajstić information content (AvgIpc) is 3.16. The number of carbonyl (C=O) groups is 2. The highest BCUT2D eigenvalue weighted by Crippen LogP contribution is 2.33. The summed E-state index contributed by atoms with van der Waals surface area (Å²) >= 11 is 1.59. The van der Waals surface area contributed by atoms with Gasteiger partial charge in [0.1, 0.15) is 0 Å². The summed E-state index contributed by atoms with van der Waals surface area (Å²) in [5.41, 5.74) is 1.68. The van der Waals surface area contributed by atoms with Crippen molar-refractivity contribution in [2.45, 2.75) is 38.0 Å². The van der Waals surface area contributed by atoms with Crippen molar-refractivity contribution < 1.29 is 18.0 Å². The minimum atomic E-state index is -3.69. The molecular formula is C22H26N2O4S2. The van der Waals surface area contributed by atoms with Gasteiger partial charge in [-0.1, -0.05) is 19.1 Å². The number of aryl methyl sites for hydroxylation is 1. The van der Waals surface area contributed by atoms with Gasteiger partial charge in [-0.05, 0) is 55.9 Å². The highest BCUT2D eigenvalue weighted by molar-refractivity contribution is 7.89. The summed E-state index contributed by atoms with van der Waals surface area (Å²) in [6.45, 7) is 4.89. The first-order valence-electron chi connectivity index (χ1n) is 10.3. The number of ketones is 1. The Hall–Kier alpha value is -2.03. The number of nitrogens with zero attached hydrogens (tertiary/aromatic N) is 2. The van der Waals surface area contributed by atoms with Gasteiger partial charge in [0, 0.05) is 36.6 Å². The number of amides is 1. The van der Waals surface area contributed by atoms with Crippen LogP contribution in [0.25, 0.3) is 0 Å². The van der Waals surface area contributed by atoms with Crippen LogP contribution in [0.15, 0.2) is 35.2 Å². The second kappa shape index (κ2) is 8.24. The monoisotopic (exact) mass is 446 g/mol. The fourth-order valence-electron chi connectivity index (χ4n) is 4.12. The molecule has 1 atom stereocenters. The van der Waals surface area contributed by atoms with Gasteiger partial charge in [-0.2, -0.15) is 4.31 Å². The Labute approximate surface area is 181 Å². The molecule has 0 unspecified atom stereocenters. The lowest BCUT2D eigenvalue weighted by atomic mass is 9.90. The molecule has 1 saturated heterocycles. The number of carbonyl (C=O) groups excluding carboxylic acids is 2. The molecule has 0 radical (unpaired) electrons. The summed E-state index contributed by atoms with van der Waals surface area (Å²) in [4.78, 5) is 28.5. The fourth-order valence-corrected chi connectivity index (χ4v) is 6.77. The van der Waals surface area contributed by atoms with E-state index in [9.17, 15) is 18.0 Å². The molecule has 160 valence electrons. The zero-order chi connectivity index (χ0) is 21.5. The number of benzene rings is 1. The number of sulfonamides is 1. The maximum atomic E-state index is 13.0. The smallest absolute Gasteiger partial charge is 0.264 e. The van der Waals surface area contributed by atoms with E-state index < -0.39 is 10.0 Å². The molecule has 2 heterocycles. The topological polar surface area (TPSA) is 74.8 Å². The second-order valence-electron chi connectivity index (χ2n) is 8.19. The Kier molecular flexibility index (Phi) is 5.83. The molecule has 30 heavy (non-hydrogen) atoms. The standard InChI is InChI=1S/C22H26N2O4S2/c1-15-6-7-20-18(12-15)14-21(29-20)22(26)23-8-10-24(11-9-23)30(27,28)19-5-3-4-17(13-19)16(2)25/h3-5,13-15H,6-12H2,1-2H3/t15-/m0/s1. The Morgan fingerprint density at radius 2 is 1.83 bits per heavy atom. The van der Waals surface area contributed by atoms with Crippen LogP contribution in [-0.4, -0.2) is 55.5 Å². The van der Waals surface area contributed by atoms with E-state index >= 15 is 0 Å². The summed E-state index contributed by atoms with van der Waals surface area (Å²) in [5, 5.41) is 0. The lowest BCUT2D eigenvalue weighted by Crippen LogP contribution is -2.50. The van der Waals surface area contributed by atoms with Crippen molar-refractivity contribution in [2.75, 3.05) is 26.2 Å². The molecule has 0 bridgehead atoms. The van der Waals surface area contributed by atoms with Gasteiger partial charge >= 0.3 is 0 Å². The molecule has 2 aromatic rings. The molecule has 1 aromatic heterocycles. The minimum Gasteiger partial charge on any atom is -0.335 e. The molecule has 1 fully saturated rings. The van der Waals surface area contributed by atoms with Crippen LogP contribution in [0.4, 0.5) is 0 Å². The Morgan fingerprint density at radius 3 is 2.53 bits per heavy atom. The number of thiophene rings is 1. The van der Waals surface area contributed by atoms with E-state index in [1.54, 1.807) is 28.4 Å². The average molecular weight is 447 g/mol. The maximum Gasteiger partial charge on any atom is 0.264 e. The van der Waals surface area contributed by atoms with E-state index in [1.165, 1.54) is 40.2 Å². The molecule has 1 aliphatic carbocycles. The molecular weight excluding hydrogens is 420 g/mol. The Morgan fingerprint density at radius 1 is 1.10 bits per heavy atom. The van der Waals surface area contributed by atoms with Crippen molar-refractivity contribution in [2.24, 2.45) is 5.92 Å². The van der Waals surface area contributed by atoms with E-state index in [-0.39, 0.29) is 29.7 Å².